The number of hydrogen-bond donors (Lipinski definition) is 1. The lowest BCUT2D eigenvalue weighted by molar-refractivity contribution is -0.00545. The lowest BCUT2D eigenvalue weighted by atomic mass is 10.1. The predicted molar refractivity (Wildman–Crippen MR) is 124 cm³/mol. The minimum absolute atomic E-state index is 0.192. The van der Waals surface area contributed by atoms with Crippen molar-refractivity contribution in [2.45, 2.75) is 26.1 Å². The molecule has 1 N–H and O–H groups in total. The summed E-state index contributed by atoms with van der Waals surface area (Å²) in [4.78, 5) is 11.6. The Balaban J connectivity index is 1.38. The molecule has 0 amide bonds. The quantitative estimate of drug-likeness (QED) is 0.534. The van der Waals surface area contributed by atoms with Crippen LogP contribution in [0.2, 0.25) is 0 Å². The number of rotatable bonds is 4. The number of hydrogen-bond acceptors (Lipinski definition) is 6. The summed E-state index contributed by atoms with van der Waals surface area (Å²) in [6, 6.07) is 16.5. The molecule has 7 nitrogen and oxygen atoms in total. The number of pyridine rings is 2. The first kappa shape index (κ1) is 19.5. The van der Waals surface area contributed by atoms with E-state index >= 15 is 0 Å². The molecule has 0 radical (unpaired) electrons. The van der Waals surface area contributed by atoms with E-state index in [0.29, 0.717) is 0 Å². The number of benzene rings is 1. The average molecular weight is 415 g/mol. The summed E-state index contributed by atoms with van der Waals surface area (Å²) in [7, 11) is 1.95. The first-order valence-corrected chi connectivity index (χ1v) is 10.6. The Kier molecular flexibility index (Phi) is 5.03. The number of ether oxygens (including phenoxy) is 1. The second-order valence-corrected chi connectivity index (χ2v) is 8.14. The van der Waals surface area contributed by atoms with E-state index in [1.54, 1.807) is 0 Å². The van der Waals surface area contributed by atoms with Crippen molar-refractivity contribution in [3.63, 3.8) is 0 Å². The van der Waals surface area contributed by atoms with Gasteiger partial charge in [-0.2, -0.15) is 5.10 Å². The molecule has 0 saturated carbocycles. The van der Waals surface area contributed by atoms with E-state index in [4.69, 9.17) is 9.72 Å². The van der Waals surface area contributed by atoms with Gasteiger partial charge >= 0.3 is 0 Å². The van der Waals surface area contributed by atoms with E-state index in [2.05, 4.69) is 52.3 Å². The summed E-state index contributed by atoms with van der Waals surface area (Å²) in [5, 5.41) is 8.81. The van der Waals surface area contributed by atoms with Crippen LogP contribution in [0.1, 0.15) is 13.8 Å². The number of nitrogens with one attached hydrogen (secondary N) is 1. The highest BCUT2D eigenvalue weighted by Crippen LogP contribution is 2.27. The van der Waals surface area contributed by atoms with Crippen molar-refractivity contribution < 1.29 is 4.74 Å². The van der Waals surface area contributed by atoms with Gasteiger partial charge in [-0.25, -0.2) is 9.97 Å². The van der Waals surface area contributed by atoms with Crippen molar-refractivity contribution in [3.05, 3.63) is 60.9 Å². The molecule has 0 bridgehead atoms. The Labute approximate surface area is 181 Å². The number of fused-ring (bicyclic) bond motifs is 1. The van der Waals surface area contributed by atoms with Gasteiger partial charge in [0.05, 0.1) is 23.9 Å². The maximum absolute atomic E-state index is 5.85. The van der Waals surface area contributed by atoms with Gasteiger partial charge in [-0.1, -0.05) is 12.1 Å². The van der Waals surface area contributed by atoms with Gasteiger partial charge in [-0.05, 0) is 61.4 Å². The summed E-state index contributed by atoms with van der Waals surface area (Å²) < 4.78 is 7.73. The SMILES string of the molecule is C[C@@H]1CN(c2cccc(Nc3cc(-c4ccc5c(cnn5C)c4)ccn3)n2)C[C@H](C)O1. The molecule has 1 aliphatic rings. The van der Waals surface area contributed by atoms with Crippen molar-refractivity contribution in [1.82, 2.24) is 19.7 Å². The molecule has 0 aliphatic carbocycles. The molecule has 1 aromatic carbocycles. The zero-order chi connectivity index (χ0) is 21.4. The third-order valence-electron chi connectivity index (χ3n) is 5.57. The minimum Gasteiger partial charge on any atom is -0.372 e. The molecule has 2 atom stereocenters. The fourth-order valence-corrected chi connectivity index (χ4v) is 4.19. The van der Waals surface area contributed by atoms with Gasteiger partial charge in [0.1, 0.15) is 17.5 Å². The van der Waals surface area contributed by atoms with E-state index in [9.17, 15) is 0 Å². The molecule has 0 unspecified atom stereocenters. The van der Waals surface area contributed by atoms with Crippen molar-refractivity contribution in [1.29, 1.82) is 0 Å². The van der Waals surface area contributed by atoms with Crippen LogP contribution in [0.3, 0.4) is 0 Å². The van der Waals surface area contributed by atoms with Crippen molar-refractivity contribution in [2.75, 3.05) is 23.3 Å². The first-order valence-electron chi connectivity index (χ1n) is 10.6. The van der Waals surface area contributed by atoms with Gasteiger partial charge in [-0.3, -0.25) is 4.68 Å². The summed E-state index contributed by atoms with van der Waals surface area (Å²) in [5.74, 6) is 2.49. The third-order valence-corrected chi connectivity index (χ3v) is 5.57. The maximum atomic E-state index is 5.85. The molecule has 4 aromatic rings. The number of nitrogens with zero attached hydrogens (tertiary/aromatic N) is 5. The highest BCUT2D eigenvalue weighted by Gasteiger charge is 2.23. The molecule has 1 saturated heterocycles. The van der Waals surface area contributed by atoms with E-state index in [0.717, 1.165) is 52.6 Å². The van der Waals surface area contributed by atoms with Crippen LogP contribution in [0.5, 0.6) is 0 Å². The molecule has 5 rings (SSSR count). The molecule has 1 fully saturated rings. The van der Waals surface area contributed by atoms with Crippen LogP contribution in [0.25, 0.3) is 22.0 Å². The summed E-state index contributed by atoms with van der Waals surface area (Å²) >= 11 is 0. The standard InChI is InChI=1S/C24H26N6O/c1-16-14-30(15-17(2)31-16)24-6-4-5-22(28-24)27-23-12-19(9-10-25-23)18-7-8-21-20(11-18)13-26-29(21)3/h4-13,16-17H,14-15H2,1-3H3,(H,25,27,28)/t16-,17+. The molecule has 4 heterocycles. The molecular weight excluding hydrogens is 388 g/mol. The topological polar surface area (TPSA) is 68.1 Å². The van der Waals surface area contributed by atoms with E-state index in [1.165, 1.54) is 0 Å². The predicted octanol–water partition coefficient (Wildman–Crippen LogP) is 4.39. The summed E-state index contributed by atoms with van der Waals surface area (Å²) in [6.45, 7) is 5.88. The lowest BCUT2D eigenvalue weighted by Gasteiger charge is -2.36. The normalized spacial score (nSPS) is 19.0. The zero-order valence-electron chi connectivity index (χ0n) is 18.0. The zero-order valence-corrected chi connectivity index (χ0v) is 18.0. The molecule has 1 aliphatic heterocycles. The Morgan fingerprint density at radius 1 is 0.968 bits per heavy atom. The Hall–Kier alpha value is -3.45. The fourth-order valence-electron chi connectivity index (χ4n) is 4.19. The van der Waals surface area contributed by atoms with Gasteiger partial charge < -0.3 is 15.0 Å². The Bertz CT molecular complexity index is 1210. The summed E-state index contributed by atoms with van der Waals surface area (Å²) in [5.41, 5.74) is 3.34. The lowest BCUT2D eigenvalue weighted by Crippen LogP contribution is -2.45. The van der Waals surface area contributed by atoms with Crippen molar-refractivity contribution in [3.8, 4) is 11.1 Å². The monoisotopic (exact) mass is 414 g/mol. The smallest absolute Gasteiger partial charge is 0.133 e. The fraction of sp³-hybridized carbons (Fsp3) is 0.292. The molecule has 3 aromatic heterocycles. The van der Waals surface area contributed by atoms with Crippen LogP contribution >= 0.6 is 0 Å². The third kappa shape index (κ3) is 4.09. The van der Waals surface area contributed by atoms with E-state index in [1.807, 2.05) is 54.5 Å². The second kappa shape index (κ2) is 8.00. The first-order chi connectivity index (χ1) is 15.0. The second-order valence-electron chi connectivity index (χ2n) is 8.14. The Morgan fingerprint density at radius 3 is 2.61 bits per heavy atom. The van der Waals surface area contributed by atoms with Crippen molar-refractivity contribution in [2.24, 2.45) is 7.05 Å². The van der Waals surface area contributed by atoms with Crippen LogP contribution in [-0.2, 0) is 11.8 Å². The number of aryl methyl sites for hydroxylation is 1. The Morgan fingerprint density at radius 2 is 1.77 bits per heavy atom. The number of aromatic nitrogens is 4. The molecular formula is C24H26N6O. The summed E-state index contributed by atoms with van der Waals surface area (Å²) in [6.07, 6.45) is 4.10. The van der Waals surface area contributed by atoms with Gasteiger partial charge in [0, 0.05) is 31.7 Å². The largest absolute Gasteiger partial charge is 0.372 e. The average Bonchev–Trinajstić information content (AvgIpc) is 3.14. The van der Waals surface area contributed by atoms with Gasteiger partial charge in [-0.15, -0.1) is 0 Å². The number of morpholine rings is 1. The maximum Gasteiger partial charge on any atom is 0.133 e. The van der Waals surface area contributed by atoms with E-state index in [-0.39, 0.29) is 12.2 Å². The van der Waals surface area contributed by atoms with Crippen LogP contribution in [-0.4, -0.2) is 45.0 Å². The highest BCUT2D eigenvalue weighted by molar-refractivity contribution is 5.85. The molecule has 158 valence electrons. The molecule has 7 heteroatoms. The molecule has 0 spiro atoms. The van der Waals surface area contributed by atoms with Gasteiger partial charge in [0.15, 0.2) is 0 Å². The van der Waals surface area contributed by atoms with E-state index < -0.39 is 0 Å². The van der Waals surface area contributed by atoms with Gasteiger partial charge in [0.2, 0.25) is 0 Å². The number of anilines is 3. The van der Waals surface area contributed by atoms with Gasteiger partial charge in [0.25, 0.3) is 0 Å². The highest BCUT2D eigenvalue weighted by atomic mass is 16.5. The van der Waals surface area contributed by atoms with Crippen molar-refractivity contribution >= 4 is 28.4 Å². The van der Waals surface area contributed by atoms with Crippen LogP contribution in [0.15, 0.2) is 60.9 Å². The minimum atomic E-state index is 0.192. The van der Waals surface area contributed by atoms with Crippen LogP contribution in [0.4, 0.5) is 17.5 Å². The van der Waals surface area contributed by atoms with Crippen LogP contribution in [0, 0.1) is 0 Å². The molecule has 31 heavy (non-hydrogen) atoms. The van der Waals surface area contributed by atoms with Crippen LogP contribution < -0.4 is 10.2 Å².